The molecule has 2 rings (SSSR count). The quantitative estimate of drug-likeness (QED) is 0.832. The molecular weight excluding hydrogens is 206 g/mol. The fraction of sp³-hybridized carbons (Fsp3) is 0.417. The molecule has 1 aliphatic heterocycles. The average molecular weight is 221 g/mol. The number of nitrogens with one attached hydrogen (secondary N) is 1. The van der Waals surface area contributed by atoms with Crippen molar-refractivity contribution in [3.63, 3.8) is 0 Å². The first-order valence-corrected chi connectivity index (χ1v) is 5.28. The second kappa shape index (κ2) is 4.43. The van der Waals surface area contributed by atoms with Gasteiger partial charge in [-0.3, -0.25) is 0 Å². The minimum atomic E-state index is -0.343. The molecule has 4 heteroatoms. The highest BCUT2D eigenvalue weighted by molar-refractivity contribution is 5.68. The van der Waals surface area contributed by atoms with Crippen molar-refractivity contribution in [2.75, 3.05) is 13.7 Å². The number of ether oxygens (including phenoxy) is 2. The van der Waals surface area contributed by atoms with E-state index in [0.717, 1.165) is 23.3 Å². The zero-order valence-corrected chi connectivity index (χ0v) is 9.45. The molecule has 1 aromatic rings. The largest absolute Gasteiger partial charge is 0.496 e. The Morgan fingerprint density at radius 1 is 1.50 bits per heavy atom. The standard InChI is InChI=1S/C12H15NO3/c1-8-7-9(3-4-11(8)15-2)10-5-6-16-12(14)13-10/h3-4,7,10H,5-6H2,1-2H3,(H,13,14)/t10-/m0/s1. The molecule has 86 valence electrons. The summed E-state index contributed by atoms with van der Waals surface area (Å²) in [5.41, 5.74) is 2.16. The lowest BCUT2D eigenvalue weighted by atomic mass is 10.0. The SMILES string of the molecule is COc1ccc([C@@H]2CCOC(=O)N2)cc1C. The number of cyclic esters (lactones) is 1. The Balaban J connectivity index is 2.20. The van der Waals surface area contributed by atoms with Crippen LogP contribution in [0.25, 0.3) is 0 Å². The van der Waals surface area contributed by atoms with Gasteiger partial charge in [-0.05, 0) is 24.1 Å². The molecule has 4 nitrogen and oxygen atoms in total. The van der Waals surface area contributed by atoms with Gasteiger partial charge >= 0.3 is 6.09 Å². The van der Waals surface area contributed by atoms with Crippen LogP contribution in [-0.2, 0) is 4.74 Å². The summed E-state index contributed by atoms with van der Waals surface area (Å²) in [5.74, 6) is 0.863. The van der Waals surface area contributed by atoms with Crippen LogP contribution in [0.4, 0.5) is 4.79 Å². The molecule has 16 heavy (non-hydrogen) atoms. The number of carbonyl (C=O) groups is 1. The zero-order valence-electron chi connectivity index (χ0n) is 9.45. The van der Waals surface area contributed by atoms with Gasteiger partial charge in [0.25, 0.3) is 0 Å². The highest BCUT2D eigenvalue weighted by Crippen LogP contribution is 2.25. The Bertz CT molecular complexity index is 403. The van der Waals surface area contributed by atoms with E-state index in [2.05, 4.69) is 5.32 Å². The number of hydrogen-bond donors (Lipinski definition) is 1. The first-order valence-electron chi connectivity index (χ1n) is 5.28. The fourth-order valence-electron chi connectivity index (χ4n) is 1.89. The van der Waals surface area contributed by atoms with Crippen LogP contribution >= 0.6 is 0 Å². The van der Waals surface area contributed by atoms with Gasteiger partial charge < -0.3 is 14.8 Å². The third-order valence-electron chi connectivity index (χ3n) is 2.75. The van der Waals surface area contributed by atoms with E-state index >= 15 is 0 Å². The predicted octanol–water partition coefficient (Wildman–Crippen LogP) is 2.17. The maximum atomic E-state index is 11.1. The van der Waals surface area contributed by atoms with Gasteiger partial charge in [-0.25, -0.2) is 4.79 Å². The zero-order chi connectivity index (χ0) is 11.5. The Labute approximate surface area is 94.6 Å². The van der Waals surface area contributed by atoms with Gasteiger partial charge in [0, 0.05) is 6.42 Å². The smallest absolute Gasteiger partial charge is 0.407 e. The number of alkyl carbamates (subject to hydrolysis) is 1. The molecule has 1 heterocycles. The Morgan fingerprint density at radius 2 is 2.31 bits per heavy atom. The molecule has 1 aromatic carbocycles. The van der Waals surface area contributed by atoms with Crippen LogP contribution in [0.2, 0.25) is 0 Å². The molecule has 0 bridgehead atoms. The summed E-state index contributed by atoms with van der Waals surface area (Å²) in [7, 11) is 1.65. The number of methoxy groups -OCH3 is 1. The van der Waals surface area contributed by atoms with Crippen LogP contribution < -0.4 is 10.1 Å². The highest BCUT2D eigenvalue weighted by atomic mass is 16.5. The van der Waals surface area contributed by atoms with E-state index in [-0.39, 0.29) is 12.1 Å². The van der Waals surface area contributed by atoms with E-state index in [1.807, 2.05) is 25.1 Å². The van der Waals surface area contributed by atoms with Gasteiger partial charge in [0.1, 0.15) is 5.75 Å². The van der Waals surface area contributed by atoms with E-state index in [1.54, 1.807) is 7.11 Å². The third kappa shape index (κ3) is 2.10. The maximum absolute atomic E-state index is 11.1. The summed E-state index contributed by atoms with van der Waals surface area (Å²) < 4.78 is 10.0. The van der Waals surface area contributed by atoms with Crippen LogP contribution in [0.1, 0.15) is 23.6 Å². The second-order valence-electron chi connectivity index (χ2n) is 3.85. The molecule has 1 amide bonds. The summed E-state index contributed by atoms with van der Waals surface area (Å²) in [6.07, 6.45) is 0.460. The van der Waals surface area contributed by atoms with Crippen molar-refractivity contribution in [3.05, 3.63) is 29.3 Å². The van der Waals surface area contributed by atoms with E-state index in [4.69, 9.17) is 9.47 Å². The normalized spacial score (nSPS) is 19.9. The first-order chi connectivity index (χ1) is 7.70. The summed E-state index contributed by atoms with van der Waals surface area (Å²) in [4.78, 5) is 11.1. The average Bonchev–Trinajstić information content (AvgIpc) is 2.29. The lowest BCUT2D eigenvalue weighted by molar-refractivity contribution is 0.115. The van der Waals surface area contributed by atoms with Crippen molar-refractivity contribution in [3.8, 4) is 5.75 Å². The van der Waals surface area contributed by atoms with Crippen molar-refractivity contribution in [1.82, 2.24) is 5.32 Å². The molecule has 0 aliphatic carbocycles. The minimum Gasteiger partial charge on any atom is -0.496 e. The molecule has 0 radical (unpaired) electrons. The van der Waals surface area contributed by atoms with Gasteiger partial charge in [-0.2, -0.15) is 0 Å². The van der Waals surface area contributed by atoms with E-state index in [0.29, 0.717) is 6.61 Å². The molecule has 0 saturated carbocycles. The van der Waals surface area contributed by atoms with Crippen LogP contribution in [-0.4, -0.2) is 19.8 Å². The number of hydrogen-bond acceptors (Lipinski definition) is 3. The Morgan fingerprint density at radius 3 is 2.94 bits per heavy atom. The van der Waals surface area contributed by atoms with Gasteiger partial charge in [-0.1, -0.05) is 12.1 Å². The summed E-state index contributed by atoms with van der Waals surface area (Å²) in [6.45, 7) is 2.46. The number of benzene rings is 1. The molecule has 0 spiro atoms. The van der Waals surface area contributed by atoms with Crippen LogP contribution in [0, 0.1) is 6.92 Å². The number of rotatable bonds is 2. The first kappa shape index (κ1) is 10.8. The van der Waals surface area contributed by atoms with Gasteiger partial charge in [-0.15, -0.1) is 0 Å². The van der Waals surface area contributed by atoms with Crippen molar-refractivity contribution in [1.29, 1.82) is 0 Å². The molecule has 0 aromatic heterocycles. The van der Waals surface area contributed by atoms with Gasteiger partial charge in [0.2, 0.25) is 0 Å². The molecule has 1 atom stereocenters. The maximum Gasteiger partial charge on any atom is 0.407 e. The van der Waals surface area contributed by atoms with E-state index in [9.17, 15) is 4.79 Å². The van der Waals surface area contributed by atoms with Crippen molar-refractivity contribution >= 4 is 6.09 Å². The van der Waals surface area contributed by atoms with Crippen LogP contribution in [0.15, 0.2) is 18.2 Å². The molecule has 1 N–H and O–H groups in total. The van der Waals surface area contributed by atoms with Crippen LogP contribution in [0.5, 0.6) is 5.75 Å². The predicted molar refractivity (Wildman–Crippen MR) is 59.6 cm³/mol. The number of amides is 1. The summed E-state index contributed by atoms with van der Waals surface area (Å²) in [5, 5.41) is 2.80. The lowest BCUT2D eigenvalue weighted by Crippen LogP contribution is -2.35. The monoisotopic (exact) mass is 221 g/mol. The topological polar surface area (TPSA) is 47.6 Å². The second-order valence-corrected chi connectivity index (χ2v) is 3.85. The summed E-state index contributed by atoms with van der Waals surface area (Å²) in [6, 6.07) is 5.98. The number of carbonyl (C=O) groups excluding carboxylic acids is 1. The minimum absolute atomic E-state index is 0.0471. The highest BCUT2D eigenvalue weighted by Gasteiger charge is 2.20. The van der Waals surface area contributed by atoms with Crippen molar-refractivity contribution < 1.29 is 14.3 Å². The Kier molecular flexibility index (Phi) is 2.99. The third-order valence-corrected chi connectivity index (χ3v) is 2.75. The Hall–Kier alpha value is -1.71. The van der Waals surface area contributed by atoms with Gasteiger partial charge in [0.15, 0.2) is 0 Å². The van der Waals surface area contributed by atoms with E-state index < -0.39 is 0 Å². The molecule has 1 saturated heterocycles. The number of aryl methyl sites for hydroxylation is 1. The van der Waals surface area contributed by atoms with Gasteiger partial charge in [0.05, 0.1) is 19.8 Å². The fourth-order valence-corrected chi connectivity index (χ4v) is 1.89. The van der Waals surface area contributed by atoms with E-state index in [1.165, 1.54) is 0 Å². The molecule has 1 fully saturated rings. The molecule has 0 unspecified atom stereocenters. The van der Waals surface area contributed by atoms with Crippen LogP contribution in [0.3, 0.4) is 0 Å². The summed E-state index contributed by atoms with van der Waals surface area (Å²) >= 11 is 0. The van der Waals surface area contributed by atoms with Crippen molar-refractivity contribution in [2.24, 2.45) is 0 Å². The van der Waals surface area contributed by atoms with Crippen molar-refractivity contribution in [2.45, 2.75) is 19.4 Å². The lowest BCUT2D eigenvalue weighted by Gasteiger charge is -2.24. The molecule has 1 aliphatic rings. The molecular formula is C12H15NO3.